The average molecular weight is 568 g/mol. The number of amides is 1. The molecule has 0 atom stereocenters. The van der Waals surface area contributed by atoms with Crippen LogP contribution >= 0.6 is 27.7 Å². The molecule has 0 unspecified atom stereocenters. The van der Waals surface area contributed by atoms with Crippen LogP contribution in [0.15, 0.2) is 81.1 Å². The summed E-state index contributed by atoms with van der Waals surface area (Å²) in [5, 5.41) is 11.6. The number of nitrogens with zero attached hydrogens (tertiary/aromatic N) is 3. The minimum atomic E-state index is -0.434. The molecule has 0 bridgehead atoms. The molecule has 1 amide bonds. The van der Waals surface area contributed by atoms with Crippen LogP contribution in [-0.4, -0.2) is 34.6 Å². The third kappa shape index (κ3) is 5.95. The van der Waals surface area contributed by atoms with Gasteiger partial charge < -0.3 is 9.47 Å². The Morgan fingerprint density at radius 3 is 2.58 bits per heavy atom. The number of likely N-dealkylation sites (N-methyl/N-ethyl adjacent to an activating group) is 1. The number of carbonyl (C=O) groups excluding carboxylic acids is 1. The van der Waals surface area contributed by atoms with Gasteiger partial charge in [0.05, 0.1) is 27.1 Å². The molecule has 3 aromatic rings. The summed E-state index contributed by atoms with van der Waals surface area (Å²) in [7, 11) is 1.61. The number of nitro benzene ring substituents is 1. The van der Waals surface area contributed by atoms with Crippen LogP contribution in [0.3, 0.4) is 0 Å². The number of methoxy groups -OCH3 is 1. The first kappa shape index (κ1) is 25.5. The van der Waals surface area contributed by atoms with Crippen molar-refractivity contribution in [3.63, 3.8) is 0 Å². The standard InChI is InChI=1S/C26H22BrN3O5S/c1-3-29-25(31)24(36-26(29)28-19-8-10-21(34-2)11-9-19)15-17-7-12-23(22(27)14-17)35-16-18-5-4-6-20(13-18)30(32)33/h4-15H,3,16H2,1-2H3/b24-15+,28-26?. The highest BCUT2D eigenvalue weighted by molar-refractivity contribution is 9.10. The van der Waals surface area contributed by atoms with Crippen LogP contribution < -0.4 is 9.47 Å². The number of non-ortho nitro benzene ring substituents is 1. The summed E-state index contributed by atoms with van der Waals surface area (Å²) in [5.74, 6) is 1.23. The molecule has 0 radical (unpaired) electrons. The molecular formula is C26H22BrN3O5S. The predicted octanol–water partition coefficient (Wildman–Crippen LogP) is 6.57. The van der Waals surface area contributed by atoms with E-state index in [-0.39, 0.29) is 18.2 Å². The second-order valence-electron chi connectivity index (χ2n) is 7.66. The van der Waals surface area contributed by atoms with Crippen LogP contribution in [0, 0.1) is 10.1 Å². The molecule has 1 aliphatic rings. The highest BCUT2D eigenvalue weighted by Gasteiger charge is 2.32. The van der Waals surface area contributed by atoms with E-state index in [1.54, 1.807) is 30.2 Å². The normalized spacial score (nSPS) is 15.5. The predicted molar refractivity (Wildman–Crippen MR) is 145 cm³/mol. The highest BCUT2D eigenvalue weighted by atomic mass is 79.9. The second kappa shape index (κ2) is 11.4. The highest BCUT2D eigenvalue weighted by Crippen LogP contribution is 2.35. The Hall–Kier alpha value is -3.63. The number of nitro groups is 1. The molecule has 10 heteroatoms. The Balaban J connectivity index is 1.49. The Bertz CT molecular complexity index is 1360. The van der Waals surface area contributed by atoms with E-state index in [2.05, 4.69) is 20.9 Å². The monoisotopic (exact) mass is 567 g/mol. The Morgan fingerprint density at radius 2 is 1.92 bits per heavy atom. The van der Waals surface area contributed by atoms with Crippen molar-refractivity contribution in [2.75, 3.05) is 13.7 Å². The summed E-state index contributed by atoms with van der Waals surface area (Å²) in [6.07, 6.45) is 1.82. The van der Waals surface area contributed by atoms with Gasteiger partial charge in [-0.2, -0.15) is 0 Å². The Kier molecular flexibility index (Phi) is 8.07. The fourth-order valence-electron chi connectivity index (χ4n) is 3.43. The van der Waals surface area contributed by atoms with Gasteiger partial charge in [-0.25, -0.2) is 4.99 Å². The maximum Gasteiger partial charge on any atom is 0.269 e. The number of aliphatic imine (C=N–C) groups is 1. The molecule has 0 spiro atoms. The molecule has 0 aliphatic carbocycles. The van der Waals surface area contributed by atoms with Crippen LogP contribution in [0.5, 0.6) is 11.5 Å². The van der Waals surface area contributed by atoms with Gasteiger partial charge in [0, 0.05) is 18.7 Å². The van der Waals surface area contributed by atoms with Crippen LogP contribution in [-0.2, 0) is 11.4 Å². The van der Waals surface area contributed by atoms with E-state index in [4.69, 9.17) is 9.47 Å². The molecule has 1 aliphatic heterocycles. The molecular weight excluding hydrogens is 546 g/mol. The zero-order valence-corrected chi connectivity index (χ0v) is 21.9. The van der Waals surface area contributed by atoms with Gasteiger partial charge in [0.2, 0.25) is 0 Å². The van der Waals surface area contributed by atoms with Gasteiger partial charge in [-0.05, 0) is 88.2 Å². The molecule has 4 rings (SSSR count). The zero-order chi connectivity index (χ0) is 25.7. The first-order valence-corrected chi connectivity index (χ1v) is 12.6. The van der Waals surface area contributed by atoms with E-state index < -0.39 is 4.92 Å². The van der Waals surface area contributed by atoms with Crippen molar-refractivity contribution in [3.05, 3.63) is 97.3 Å². The van der Waals surface area contributed by atoms with Crippen molar-refractivity contribution in [2.24, 2.45) is 4.99 Å². The van der Waals surface area contributed by atoms with Gasteiger partial charge in [-0.1, -0.05) is 18.2 Å². The van der Waals surface area contributed by atoms with Crippen molar-refractivity contribution in [3.8, 4) is 11.5 Å². The van der Waals surface area contributed by atoms with Crippen molar-refractivity contribution >= 4 is 56.2 Å². The third-order valence-corrected chi connectivity index (χ3v) is 6.90. The maximum absolute atomic E-state index is 13.0. The number of halogens is 1. The number of ether oxygens (including phenoxy) is 2. The van der Waals surface area contributed by atoms with Crippen molar-refractivity contribution in [1.29, 1.82) is 0 Å². The van der Waals surface area contributed by atoms with Gasteiger partial charge in [0.25, 0.3) is 11.6 Å². The number of amidine groups is 1. The van der Waals surface area contributed by atoms with Crippen LogP contribution in [0.4, 0.5) is 11.4 Å². The lowest BCUT2D eigenvalue weighted by Crippen LogP contribution is -2.28. The van der Waals surface area contributed by atoms with Crippen LogP contribution in [0.25, 0.3) is 6.08 Å². The number of thioether (sulfide) groups is 1. The lowest BCUT2D eigenvalue weighted by atomic mass is 10.2. The van der Waals surface area contributed by atoms with Gasteiger partial charge in [0.1, 0.15) is 18.1 Å². The van der Waals surface area contributed by atoms with Crippen molar-refractivity contribution in [1.82, 2.24) is 4.90 Å². The van der Waals surface area contributed by atoms with E-state index in [0.717, 1.165) is 17.0 Å². The topological polar surface area (TPSA) is 94.3 Å². The summed E-state index contributed by atoms with van der Waals surface area (Å²) >= 11 is 4.84. The van der Waals surface area contributed by atoms with Gasteiger partial charge >= 0.3 is 0 Å². The van der Waals surface area contributed by atoms with E-state index in [9.17, 15) is 14.9 Å². The number of hydrogen-bond acceptors (Lipinski definition) is 7. The number of carbonyl (C=O) groups is 1. The quantitative estimate of drug-likeness (QED) is 0.173. The van der Waals surface area contributed by atoms with E-state index in [1.807, 2.05) is 49.4 Å². The first-order chi connectivity index (χ1) is 17.4. The Labute approximate surface area is 220 Å². The summed E-state index contributed by atoms with van der Waals surface area (Å²) in [4.78, 5) is 30.4. The van der Waals surface area contributed by atoms with E-state index in [0.29, 0.717) is 32.4 Å². The largest absolute Gasteiger partial charge is 0.497 e. The minimum Gasteiger partial charge on any atom is -0.497 e. The molecule has 3 aromatic carbocycles. The fraction of sp³-hybridized carbons (Fsp3) is 0.154. The molecule has 184 valence electrons. The lowest BCUT2D eigenvalue weighted by Gasteiger charge is -2.12. The molecule has 1 saturated heterocycles. The molecule has 36 heavy (non-hydrogen) atoms. The van der Waals surface area contributed by atoms with Crippen LogP contribution in [0.1, 0.15) is 18.1 Å². The minimum absolute atomic E-state index is 0.0203. The van der Waals surface area contributed by atoms with Crippen molar-refractivity contribution < 1.29 is 19.2 Å². The fourth-order valence-corrected chi connectivity index (χ4v) is 5.01. The summed E-state index contributed by atoms with van der Waals surface area (Å²) in [6, 6.07) is 19.2. The molecule has 0 N–H and O–H groups in total. The molecule has 1 heterocycles. The van der Waals surface area contributed by atoms with Crippen LogP contribution in [0.2, 0.25) is 0 Å². The number of rotatable bonds is 8. The Morgan fingerprint density at radius 1 is 1.14 bits per heavy atom. The van der Waals surface area contributed by atoms with E-state index in [1.165, 1.54) is 23.9 Å². The smallest absolute Gasteiger partial charge is 0.269 e. The number of benzene rings is 3. The zero-order valence-electron chi connectivity index (χ0n) is 19.5. The van der Waals surface area contributed by atoms with Gasteiger partial charge in [-0.15, -0.1) is 0 Å². The average Bonchev–Trinajstić information content (AvgIpc) is 3.17. The number of hydrogen-bond donors (Lipinski definition) is 0. The van der Waals surface area contributed by atoms with E-state index >= 15 is 0 Å². The summed E-state index contributed by atoms with van der Waals surface area (Å²) < 4.78 is 11.7. The van der Waals surface area contributed by atoms with Gasteiger partial charge in [0.15, 0.2) is 5.17 Å². The third-order valence-electron chi connectivity index (χ3n) is 5.27. The summed E-state index contributed by atoms with van der Waals surface area (Å²) in [5.41, 5.74) is 2.27. The molecule has 1 fully saturated rings. The molecule has 8 nitrogen and oxygen atoms in total. The first-order valence-electron chi connectivity index (χ1n) is 11.0. The molecule has 0 saturated carbocycles. The van der Waals surface area contributed by atoms with Crippen molar-refractivity contribution in [2.45, 2.75) is 13.5 Å². The maximum atomic E-state index is 13.0. The summed E-state index contributed by atoms with van der Waals surface area (Å²) in [6.45, 7) is 2.60. The second-order valence-corrected chi connectivity index (χ2v) is 9.52. The van der Waals surface area contributed by atoms with Gasteiger partial charge in [-0.3, -0.25) is 19.8 Å². The molecule has 0 aromatic heterocycles. The lowest BCUT2D eigenvalue weighted by molar-refractivity contribution is -0.384. The SMILES string of the molecule is CCN1C(=O)/C(=C\c2ccc(OCc3cccc([N+](=O)[O-])c3)c(Br)c2)SC1=Nc1ccc(OC)cc1.